The predicted octanol–water partition coefficient (Wildman–Crippen LogP) is 2.84. The van der Waals surface area contributed by atoms with Crippen LogP contribution in [0.15, 0.2) is 53.3 Å². The number of nitrogens with one attached hydrogen (secondary N) is 2. The number of aromatic nitrogens is 1. The van der Waals surface area contributed by atoms with Crippen LogP contribution in [0.5, 0.6) is 11.5 Å². The Morgan fingerprint density at radius 1 is 0.964 bits per heavy atom. The summed E-state index contributed by atoms with van der Waals surface area (Å²) in [7, 11) is 3.23. The van der Waals surface area contributed by atoms with Gasteiger partial charge in [-0.15, -0.1) is 0 Å². The van der Waals surface area contributed by atoms with Gasteiger partial charge in [-0.1, -0.05) is 12.1 Å². The summed E-state index contributed by atoms with van der Waals surface area (Å²) in [5.41, 5.74) is 2.30. The van der Waals surface area contributed by atoms with Crippen LogP contribution in [-0.2, 0) is 17.6 Å². The van der Waals surface area contributed by atoms with E-state index in [9.17, 15) is 9.59 Å². The number of fused-ring (bicyclic) bond motifs is 1. The van der Waals surface area contributed by atoms with Crippen LogP contribution in [0.1, 0.15) is 17.5 Å². The summed E-state index contributed by atoms with van der Waals surface area (Å²) in [5, 5.41) is 3.79. The van der Waals surface area contributed by atoms with Gasteiger partial charge in [0, 0.05) is 29.4 Å². The van der Waals surface area contributed by atoms with Gasteiger partial charge in [-0.3, -0.25) is 9.59 Å². The molecule has 0 aliphatic heterocycles. The molecule has 1 heterocycles. The smallest absolute Gasteiger partial charge is 0.251 e. The molecule has 0 fully saturated rings. The maximum atomic E-state index is 12.2. The lowest BCUT2D eigenvalue weighted by Gasteiger charge is -2.07. The second-order valence-electron chi connectivity index (χ2n) is 6.52. The first-order valence-corrected chi connectivity index (χ1v) is 9.18. The average molecular weight is 380 g/mol. The lowest BCUT2D eigenvalue weighted by atomic mass is 10.1. The Kier molecular flexibility index (Phi) is 6.32. The zero-order valence-corrected chi connectivity index (χ0v) is 16.1. The zero-order valence-electron chi connectivity index (χ0n) is 16.1. The van der Waals surface area contributed by atoms with Gasteiger partial charge in [-0.2, -0.15) is 0 Å². The van der Waals surface area contributed by atoms with Crippen LogP contribution in [0.2, 0.25) is 0 Å². The number of rotatable bonds is 8. The molecule has 2 N–H and O–H groups in total. The number of H-pyrrole nitrogens is 1. The predicted molar refractivity (Wildman–Crippen MR) is 109 cm³/mol. The third-order valence-corrected chi connectivity index (χ3v) is 4.64. The van der Waals surface area contributed by atoms with Crippen molar-refractivity contribution in [3.05, 3.63) is 70.0 Å². The number of pyridine rings is 1. The van der Waals surface area contributed by atoms with Gasteiger partial charge in [0.2, 0.25) is 5.91 Å². The number of hydrogen-bond acceptors (Lipinski definition) is 4. The molecule has 2 aromatic carbocycles. The third-order valence-electron chi connectivity index (χ3n) is 4.64. The van der Waals surface area contributed by atoms with Gasteiger partial charge in [-0.05, 0) is 54.8 Å². The second-order valence-corrected chi connectivity index (χ2v) is 6.52. The van der Waals surface area contributed by atoms with Crippen LogP contribution in [0, 0.1) is 0 Å². The summed E-state index contributed by atoms with van der Waals surface area (Å²) in [4.78, 5) is 27.2. The van der Waals surface area contributed by atoms with E-state index in [-0.39, 0.29) is 17.9 Å². The molecule has 0 aliphatic rings. The van der Waals surface area contributed by atoms with Crippen LogP contribution in [0.4, 0.5) is 0 Å². The number of aryl methyl sites for hydroxylation is 1. The quantitative estimate of drug-likeness (QED) is 0.630. The van der Waals surface area contributed by atoms with E-state index in [1.807, 2.05) is 42.5 Å². The van der Waals surface area contributed by atoms with Crippen LogP contribution in [0.3, 0.4) is 0 Å². The van der Waals surface area contributed by atoms with Crippen molar-refractivity contribution >= 4 is 16.8 Å². The highest BCUT2D eigenvalue weighted by Gasteiger charge is 2.08. The van der Waals surface area contributed by atoms with Crippen molar-refractivity contribution in [2.24, 2.45) is 0 Å². The highest BCUT2D eigenvalue weighted by molar-refractivity contribution is 5.81. The fraction of sp³-hybridized carbons (Fsp3) is 0.273. The number of benzene rings is 2. The molecule has 3 rings (SSSR count). The molecule has 146 valence electrons. The van der Waals surface area contributed by atoms with E-state index in [2.05, 4.69) is 10.3 Å². The van der Waals surface area contributed by atoms with Crippen molar-refractivity contribution in [3.63, 3.8) is 0 Å². The first kappa shape index (κ1) is 19.5. The lowest BCUT2D eigenvalue weighted by molar-refractivity contribution is -0.121. The Hall–Kier alpha value is -3.28. The van der Waals surface area contributed by atoms with Crippen LogP contribution in [-0.4, -0.2) is 31.7 Å². The van der Waals surface area contributed by atoms with Gasteiger partial charge in [0.15, 0.2) is 0 Å². The Labute approximate surface area is 163 Å². The Balaban J connectivity index is 1.53. The summed E-state index contributed by atoms with van der Waals surface area (Å²) in [6.07, 6.45) is 1.39. The highest BCUT2D eigenvalue weighted by Crippen LogP contribution is 2.19. The molecule has 0 atom stereocenters. The molecular formula is C22H24N2O4. The minimum atomic E-state index is -0.163. The molecule has 28 heavy (non-hydrogen) atoms. The molecule has 1 aromatic heterocycles. The number of carbonyl (C=O) groups excluding carboxylic acids is 1. The van der Waals surface area contributed by atoms with E-state index in [1.54, 1.807) is 20.3 Å². The largest absolute Gasteiger partial charge is 0.497 e. The minimum absolute atomic E-state index is 0.0707. The first-order chi connectivity index (χ1) is 13.6. The molecule has 0 bridgehead atoms. The van der Waals surface area contributed by atoms with Crippen molar-refractivity contribution in [2.45, 2.75) is 19.3 Å². The van der Waals surface area contributed by atoms with Crippen LogP contribution < -0.4 is 20.3 Å². The highest BCUT2D eigenvalue weighted by atomic mass is 16.5. The number of hydrogen-bond donors (Lipinski definition) is 2. The third kappa shape index (κ3) is 4.91. The number of aromatic amines is 1. The topological polar surface area (TPSA) is 80.4 Å². The van der Waals surface area contributed by atoms with Crippen LogP contribution >= 0.6 is 0 Å². The Morgan fingerprint density at radius 3 is 2.39 bits per heavy atom. The summed E-state index contributed by atoms with van der Waals surface area (Å²) >= 11 is 0. The van der Waals surface area contributed by atoms with Crippen LogP contribution in [0.25, 0.3) is 10.9 Å². The van der Waals surface area contributed by atoms with E-state index >= 15 is 0 Å². The van der Waals surface area contributed by atoms with Crippen molar-refractivity contribution in [1.29, 1.82) is 0 Å². The summed E-state index contributed by atoms with van der Waals surface area (Å²) < 4.78 is 10.4. The van der Waals surface area contributed by atoms with E-state index in [0.717, 1.165) is 34.4 Å². The maximum absolute atomic E-state index is 12.2. The molecule has 0 radical (unpaired) electrons. The van der Waals surface area contributed by atoms with Gasteiger partial charge < -0.3 is 19.8 Å². The molecule has 0 spiro atoms. The fourth-order valence-corrected chi connectivity index (χ4v) is 3.02. The molecular weight excluding hydrogens is 356 g/mol. The number of methoxy groups -OCH3 is 2. The number of amides is 1. The van der Waals surface area contributed by atoms with Crippen molar-refractivity contribution in [3.8, 4) is 11.5 Å². The number of ether oxygens (including phenoxy) is 2. The summed E-state index contributed by atoms with van der Waals surface area (Å²) in [6, 6.07) is 15.1. The molecule has 3 aromatic rings. The fourth-order valence-electron chi connectivity index (χ4n) is 3.02. The Bertz CT molecular complexity index is 1010. The normalized spacial score (nSPS) is 10.6. The summed E-state index contributed by atoms with van der Waals surface area (Å²) in [6.45, 7) is 0.552. The minimum Gasteiger partial charge on any atom is -0.497 e. The maximum Gasteiger partial charge on any atom is 0.251 e. The first-order valence-electron chi connectivity index (χ1n) is 9.18. The van der Waals surface area contributed by atoms with Gasteiger partial charge in [0.1, 0.15) is 11.5 Å². The van der Waals surface area contributed by atoms with Gasteiger partial charge in [0.25, 0.3) is 5.56 Å². The second kappa shape index (κ2) is 9.08. The summed E-state index contributed by atoms with van der Waals surface area (Å²) in [5.74, 6) is 1.46. The Morgan fingerprint density at radius 2 is 1.68 bits per heavy atom. The standard InChI is InChI=1S/C22H24N2O4/c1-27-18-6-3-15(4-7-18)11-12-23-21(25)10-5-16-13-17-14-19(28-2)8-9-20(17)24-22(16)26/h3-4,6-9,13-14H,5,10-12H2,1-2H3,(H,23,25)(H,24,26). The molecule has 0 saturated heterocycles. The van der Waals surface area contributed by atoms with E-state index in [1.165, 1.54) is 0 Å². The van der Waals surface area contributed by atoms with Crippen molar-refractivity contribution in [2.75, 3.05) is 20.8 Å². The number of carbonyl (C=O) groups is 1. The molecule has 0 unspecified atom stereocenters. The molecule has 1 amide bonds. The van der Waals surface area contributed by atoms with E-state index in [4.69, 9.17) is 9.47 Å². The van der Waals surface area contributed by atoms with E-state index in [0.29, 0.717) is 18.5 Å². The van der Waals surface area contributed by atoms with Gasteiger partial charge in [-0.25, -0.2) is 0 Å². The van der Waals surface area contributed by atoms with Gasteiger partial charge >= 0.3 is 0 Å². The molecule has 0 saturated carbocycles. The zero-order chi connectivity index (χ0) is 19.9. The molecule has 6 nitrogen and oxygen atoms in total. The molecule has 6 heteroatoms. The average Bonchev–Trinajstić information content (AvgIpc) is 2.72. The van der Waals surface area contributed by atoms with Crippen molar-refractivity contribution in [1.82, 2.24) is 10.3 Å². The van der Waals surface area contributed by atoms with Gasteiger partial charge in [0.05, 0.1) is 14.2 Å². The lowest BCUT2D eigenvalue weighted by Crippen LogP contribution is -2.26. The van der Waals surface area contributed by atoms with Crippen molar-refractivity contribution < 1.29 is 14.3 Å². The van der Waals surface area contributed by atoms with E-state index < -0.39 is 0 Å². The SMILES string of the molecule is COc1ccc(CCNC(=O)CCc2cc3cc(OC)ccc3[nH]c2=O)cc1. The monoisotopic (exact) mass is 380 g/mol. The molecule has 0 aliphatic carbocycles.